The van der Waals surface area contributed by atoms with Crippen LogP contribution in [-0.2, 0) is 9.53 Å². The second-order valence-corrected chi connectivity index (χ2v) is 8.71. The first-order valence-electron chi connectivity index (χ1n) is 8.97. The third-order valence-corrected chi connectivity index (χ3v) is 4.87. The Kier molecular flexibility index (Phi) is 5.47. The molecule has 0 unspecified atom stereocenters. The predicted octanol–water partition coefficient (Wildman–Crippen LogP) is 2.40. The minimum absolute atomic E-state index is 0.000696. The number of aliphatic hydroxyl groups excluding tert-OH is 1. The summed E-state index contributed by atoms with van der Waals surface area (Å²) in [5, 5.41) is 9.63. The highest BCUT2D eigenvalue weighted by atomic mass is 16.6. The fraction of sp³-hybridized carbons (Fsp3) is 0.889. The lowest BCUT2D eigenvalue weighted by molar-refractivity contribution is -0.146. The van der Waals surface area contributed by atoms with Gasteiger partial charge >= 0.3 is 6.09 Å². The number of nitrogens with zero attached hydrogens (tertiary/aromatic N) is 2. The average Bonchev–Trinajstić information content (AvgIpc) is 2.44. The zero-order chi connectivity index (χ0) is 18.1. The molecule has 2 aliphatic rings. The number of carbonyl (C=O) groups is 2. The van der Waals surface area contributed by atoms with E-state index in [1.54, 1.807) is 4.90 Å². The standard InChI is InChI=1S/C18H32N2O4/c1-17(2,3)24-16(23)19-10-11-20(18(4,5)12-19)15(22)13-6-8-14(21)9-7-13/h13-14,21H,6-12H2,1-5H3. The second kappa shape index (κ2) is 6.90. The largest absolute Gasteiger partial charge is 0.444 e. The fourth-order valence-corrected chi connectivity index (χ4v) is 3.59. The first-order chi connectivity index (χ1) is 11.0. The van der Waals surface area contributed by atoms with Crippen molar-refractivity contribution in [3.63, 3.8) is 0 Å². The minimum Gasteiger partial charge on any atom is -0.444 e. The topological polar surface area (TPSA) is 70.1 Å². The van der Waals surface area contributed by atoms with E-state index in [4.69, 9.17) is 4.74 Å². The molecule has 0 spiro atoms. The average molecular weight is 340 g/mol. The predicted molar refractivity (Wildman–Crippen MR) is 91.6 cm³/mol. The van der Waals surface area contributed by atoms with E-state index in [-0.39, 0.29) is 24.0 Å². The molecular weight excluding hydrogens is 308 g/mol. The number of piperazine rings is 1. The SMILES string of the molecule is CC(C)(C)OC(=O)N1CCN(C(=O)C2CCC(O)CC2)C(C)(C)C1. The molecule has 1 heterocycles. The Hall–Kier alpha value is -1.30. The molecule has 0 atom stereocenters. The monoisotopic (exact) mass is 340 g/mol. The molecule has 138 valence electrons. The number of rotatable bonds is 1. The fourth-order valence-electron chi connectivity index (χ4n) is 3.59. The van der Waals surface area contributed by atoms with Gasteiger partial charge in [0.2, 0.25) is 5.91 Å². The summed E-state index contributed by atoms with van der Waals surface area (Å²) in [6.45, 7) is 11.1. The van der Waals surface area contributed by atoms with E-state index in [1.165, 1.54) is 0 Å². The maximum Gasteiger partial charge on any atom is 0.410 e. The van der Waals surface area contributed by atoms with E-state index in [0.29, 0.717) is 32.5 Å². The van der Waals surface area contributed by atoms with Gasteiger partial charge in [-0.1, -0.05) is 0 Å². The Morgan fingerprint density at radius 2 is 1.67 bits per heavy atom. The highest BCUT2D eigenvalue weighted by molar-refractivity contribution is 5.80. The van der Waals surface area contributed by atoms with E-state index in [9.17, 15) is 14.7 Å². The van der Waals surface area contributed by atoms with Gasteiger partial charge < -0.3 is 19.6 Å². The molecule has 6 nitrogen and oxygen atoms in total. The molecular formula is C18H32N2O4. The van der Waals surface area contributed by atoms with Crippen molar-refractivity contribution < 1.29 is 19.4 Å². The van der Waals surface area contributed by atoms with Crippen molar-refractivity contribution in [1.29, 1.82) is 0 Å². The van der Waals surface area contributed by atoms with Crippen molar-refractivity contribution in [2.75, 3.05) is 19.6 Å². The van der Waals surface area contributed by atoms with Crippen LogP contribution in [0.5, 0.6) is 0 Å². The van der Waals surface area contributed by atoms with Gasteiger partial charge in [-0.3, -0.25) is 4.79 Å². The zero-order valence-electron chi connectivity index (χ0n) is 15.7. The van der Waals surface area contributed by atoms with Crippen molar-refractivity contribution >= 4 is 12.0 Å². The smallest absolute Gasteiger partial charge is 0.410 e. The van der Waals surface area contributed by atoms with Gasteiger partial charge in [-0.15, -0.1) is 0 Å². The first kappa shape index (κ1) is 19.0. The highest BCUT2D eigenvalue weighted by Crippen LogP contribution is 2.30. The third kappa shape index (κ3) is 4.62. The van der Waals surface area contributed by atoms with Crippen LogP contribution >= 0.6 is 0 Å². The van der Waals surface area contributed by atoms with E-state index >= 15 is 0 Å². The van der Waals surface area contributed by atoms with Crippen molar-refractivity contribution in [3.05, 3.63) is 0 Å². The van der Waals surface area contributed by atoms with E-state index in [0.717, 1.165) is 12.8 Å². The first-order valence-corrected chi connectivity index (χ1v) is 8.97. The quantitative estimate of drug-likeness (QED) is 0.796. The molecule has 1 saturated carbocycles. The molecule has 0 aromatic rings. The number of hydrogen-bond acceptors (Lipinski definition) is 4. The number of carbonyl (C=O) groups excluding carboxylic acids is 2. The van der Waals surface area contributed by atoms with Gasteiger partial charge in [0.15, 0.2) is 0 Å². The molecule has 0 aromatic heterocycles. The van der Waals surface area contributed by atoms with E-state index < -0.39 is 11.1 Å². The van der Waals surface area contributed by atoms with Crippen molar-refractivity contribution in [2.24, 2.45) is 5.92 Å². The number of hydrogen-bond donors (Lipinski definition) is 1. The van der Waals surface area contributed by atoms with Crippen LogP contribution in [-0.4, -0.2) is 63.8 Å². The summed E-state index contributed by atoms with van der Waals surface area (Å²) in [7, 11) is 0. The second-order valence-electron chi connectivity index (χ2n) is 8.71. The molecule has 1 N–H and O–H groups in total. The normalized spacial score (nSPS) is 27.8. The lowest BCUT2D eigenvalue weighted by Crippen LogP contribution is -2.63. The molecule has 2 fully saturated rings. The van der Waals surface area contributed by atoms with Crippen LogP contribution in [0.4, 0.5) is 4.79 Å². The van der Waals surface area contributed by atoms with Crippen LogP contribution in [0.25, 0.3) is 0 Å². The summed E-state index contributed by atoms with van der Waals surface area (Å²) < 4.78 is 5.45. The molecule has 1 aliphatic carbocycles. The summed E-state index contributed by atoms with van der Waals surface area (Å²) in [4.78, 5) is 28.8. The van der Waals surface area contributed by atoms with Crippen LogP contribution in [0.3, 0.4) is 0 Å². The number of ether oxygens (including phenoxy) is 1. The molecule has 0 bridgehead atoms. The van der Waals surface area contributed by atoms with Gasteiger partial charge in [0.25, 0.3) is 0 Å². The van der Waals surface area contributed by atoms with Crippen LogP contribution in [0.15, 0.2) is 0 Å². The van der Waals surface area contributed by atoms with Crippen LogP contribution in [0, 0.1) is 5.92 Å². The molecule has 1 saturated heterocycles. The highest BCUT2D eigenvalue weighted by Gasteiger charge is 2.41. The molecule has 2 rings (SSSR count). The van der Waals surface area contributed by atoms with Gasteiger partial charge in [0, 0.05) is 25.6 Å². The van der Waals surface area contributed by atoms with Crippen LogP contribution in [0.1, 0.15) is 60.3 Å². The Bertz CT molecular complexity index is 476. The van der Waals surface area contributed by atoms with Crippen molar-refractivity contribution in [1.82, 2.24) is 9.80 Å². The van der Waals surface area contributed by atoms with Crippen molar-refractivity contribution in [3.8, 4) is 0 Å². The summed E-state index contributed by atoms with van der Waals surface area (Å²) in [6, 6.07) is 0. The Morgan fingerprint density at radius 1 is 1.08 bits per heavy atom. The molecule has 2 amide bonds. The lowest BCUT2D eigenvalue weighted by atomic mass is 9.85. The molecule has 0 radical (unpaired) electrons. The molecule has 0 aromatic carbocycles. The zero-order valence-corrected chi connectivity index (χ0v) is 15.7. The molecule has 1 aliphatic heterocycles. The van der Waals surface area contributed by atoms with Crippen LogP contribution < -0.4 is 0 Å². The van der Waals surface area contributed by atoms with Gasteiger partial charge in [-0.05, 0) is 60.3 Å². The van der Waals surface area contributed by atoms with Gasteiger partial charge in [-0.25, -0.2) is 4.79 Å². The van der Waals surface area contributed by atoms with Gasteiger partial charge in [0.05, 0.1) is 11.6 Å². The summed E-state index contributed by atoms with van der Waals surface area (Å²) >= 11 is 0. The van der Waals surface area contributed by atoms with Crippen molar-refractivity contribution in [2.45, 2.75) is 77.5 Å². The summed E-state index contributed by atoms with van der Waals surface area (Å²) in [5.41, 5.74) is -0.931. The number of aliphatic hydroxyl groups is 1. The maximum atomic E-state index is 12.9. The Morgan fingerprint density at radius 3 is 2.17 bits per heavy atom. The lowest BCUT2D eigenvalue weighted by Gasteiger charge is -2.48. The Balaban J connectivity index is 1.98. The van der Waals surface area contributed by atoms with Crippen LogP contribution in [0.2, 0.25) is 0 Å². The third-order valence-electron chi connectivity index (χ3n) is 4.87. The molecule has 6 heteroatoms. The Labute approximate surface area is 145 Å². The maximum absolute atomic E-state index is 12.9. The van der Waals surface area contributed by atoms with E-state index in [1.807, 2.05) is 39.5 Å². The van der Waals surface area contributed by atoms with Gasteiger partial charge in [-0.2, -0.15) is 0 Å². The van der Waals surface area contributed by atoms with E-state index in [2.05, 4.69) is 0 Å². The summed E-state index contributed by atoms with van der Waals surface area (Å²) in [5.74, 6) is 0.163. The summed E-state index contributed by atoms with van der Waals surface area (Å²) in [6.07, 6.45) is 2.34. The number of amides is 2. The van der Waals surface area contributed by atoms with Gasteiger partial charge in [0.1, 0.15) is 5.60 Å². The minimum atomic E-state index is -0.517. The molecule has 24 heavy (non-hydrogen) atoms.